The monoisotopic (exact) mass is 386 g/mol. The number of nitrogens with one attached hydrogen (secondary N) is 1. The molecule has 5 nitrogen and oxygen atoms in total. The minimum absolute atomic E-state index is 0.147. The molecule has 1 heterocycles. The molecule has 132 valence electrons. The maximum absolute atomic E-state index is 11.7. The standard InChI is InChI=1S/C19H15ClN2O3S/c20-14-6-8-15(9-7-14)24-13-18(23)22-21-12-16-10-11-19(25-16)26-17-4-2-1-3-5-17/h1-12H,13H2,(H,22,23)/b21-12-. The highest BCUT2D eigenvalue weighted by molar-refractivity contribution is 7.99. The number of halogens is 1. The Morgan fingerprint density at radius 3 is 2.65 bits per heavy atom. The van der Waals surface area contributed by atoms with Crippen molar-refractivity contribution in [3.05, 3.63) is 77.5 Å². The van der Waals surface area contributed by atoms with E-state index in [1.54, 1.807) is 30.3 Å². The molecule has 2 aromatic carbocycles. The molecular weight excluding hydrogens is 372 g/mol. The summed E-state index contributed by atoms with van der Waals surface area (Å²) >= 11 is 7.29. The number of benzene rings is 2. The lowest BCUT2D eigenvalue weighted by atomic mass is 10.3. The number of furan rings is 1. The second-order valence-electron chi connectivity index (χ2n) is 5.11. The summed E-state index contributed by atoms with van der Waals surface area (Å²) in [5, 5.41) is 5.21. The van der Waals surface area contributed by atoms with Gasteiger partial charge in [-0.25, -0.2) is 5.43 Å². The van der Waals surface area contributed by atoms with Gasteiger partial charge in [0, 0.05) is 9.92 Å². The first kappa shape index (κ1) is 18.1. The van der Waals surface area contributed by atoms with Crippen LogP contribution >= 0.6 is 23.4 Å². The third-order valence-electron chi connectivity index (χ3n) is 3.13. The lowest BCUT2D eigenvalue weighted by Crippen LogP contribution is -2.24. The number of carbonyl (C=O) groups excluding carboxylic acids is 1. The van der Waals surface area contributed by atoms with E-state index in [-0.39, 0.29) is 12.5 Å². The second-order valence-corrected chi connectivity index (χ2v) is 6.62. The molecule has 7 heteroatoms. The zero-order valence-corrected chi connectivity index (χ0v) is 15.2. The fourth-order valence-corrected chi connectivity index (χ4v) is 2.87. The van der Waals surface area contributed by atoms with E-state index in [0.717, 1.165) is 9.99 Å². The Kier molecular flexibility index (Phi) is 6.35. The van der Waals surface area contributed by atoms with Crippen molar-refractivity contribution in [2.45, 2.75) is 9.99 Å². The van der Waals surface area contributed by atoms with Crippen molar-refractivity contribution in [2.24, 2.45) is 5.10 Å². The van der Waals surface area contributed by atoms with E-state index in [2.05, 4.69) is 10.5 Å². The molecule has 0 fully saturated rings. The average Bonchev–Trinajstić information content (AvgIpc) is 3.09. The Hall–Kier alpha value is -2.70. The molecule has 1 aromatic heterocycles. The third kappa shape index (κ3) is 5.68. The maximum atomic E-state index is 11.7. The SMILES string of the molecule is O=C(COc1ccc(Cl)cc1)N/N=C\c1ccc(Sc2ccccc2)o1. The molecule has 0 bridgehead atoms. The summed E-state index contributed by atoms with van der Waals surface area (Å²) < 4.78 is 11.0. The van der Waals surface area contributed by atoms with Crippen molar-refractivity contribution < 1.29 is 13.9 Å². The van der Waals surface area contributed by atoms with Crippen molar-refractivity contribution in [1.82, 2.24) is 5.43 Å². The van der Waals surface area contributed by atoms with Crippen LogP contribution in [-0.2, 0) is 4.79 Å². The van der Waals surface area contributed by atoms with Crippen molar-refractivity contribution in [1.29, 1.82) is 0 Å². The van der Waals surface area contributed by atoms with Gasteiger partial charge in [-0.2, -0.15) is 5.10 Å². The molecule has 0 atom stereocenters. The van der Waals surface area contributed by atoms with Crippen LogP contribution in [0.25, 0.3) is 0 Å². The van der Waals surface area contributed by atoms with Crippen LogP contribution in [0.5, 0.6) is 5.75 Å². The third-order valence-corrected chi connectivity index (χ3v) is 4.31. The predicted molar refractivity (Wildman–Crippen MR) is 102 cm³/mol. The van der Waals surface area contributed by atoms with E-state index in [9.17, 15) is 4.79 Å². The highest BCUT2D eigenvalue weighted by Crippen LogP contribution is 2.28. The van der Waals surface area contributed by atoms with Crippen LogP contribution in [0.2, 0.25) is 5.02 Å². The van der Waals surface area contributed by atoms with Crippen molar-refractivity contribution in [3.8, 4) is 5.75 Å². The number of hydrogen-bond donors (Lipinski definition) is 1. The number of hydrazone groups is 1. The quantitative estimate of drug-likeness (QED) is 0.475. The average molecular weight is 387 g/mol. The normalized spacial score (nSPS) is 10.8. The zero-order chi connectivity index (χ0) is 18.2. The number of nitrogens with zero attached hydrogens (tertiary/aromatic N) is 1. The first-order valence-corrected chi connectivity index (χ1v) is 8.91. The highest BCUT2D eigenvalue weighted by Gasteiger charge is 2.04. The van der Waals surface area contributed by atoms with E-state index < -0.39 is 0 Å². The van der Waals surface area contributed by atoms with Crippen LogP contribution in [0, 0.1) is 0 Å². The van der Waals surface area contributed by atoms with Gasteiger partial charge in [-0.15, -0.1) is 0 Å². The molecule has 0 radical (unpaired) electrons. The van der Waals surface area contributed by atoms with Gasteiger partial charge < -0.3 is 9.15 Å². The molecule has 1 amide bonds. The van der Waals surface area contributed by atoms with E-state index in [4.69, 9.17) is 20.8 Å². The van der Waals surface area contributed by atoms with Gasteiger partial charge in [0.1, 0.15) is 11.5 Å². The molecule has 0 unspecified atom stereocenters. The van der Waals surface area contributed by atoms with Gasteiger partial charge in [-0.1, -0.05) is 41.6 Å². The molecule has 0 spiro atoms. The van der Waals surface area contributed by atoms with E-state index in [0.29, 0.717) is 16.5 Å². The van der Waals surface area contributed by atoms with Crippen molar-refractivity contribution in [2.75, 3.05) is 6.61 Å². The van der Waals surface area contributed by atoms with Gasteiger partial charge >= 0.3 is 0 Å². The van der Waals surface area contributed by atoms with E-state index >= 15 is 0 Å². The summed E-state index contributed by atoms with van der Waals surface area (Å²) in [4.78, 5) is 12.8. The number of carbonyl (C=O) groups is 1. The molecule has 0 aliphatic heterocycles. The first-order chi connectivity index (χ1) is 12.7. The molecule has 0 aliphatic carbocycles. The van der Waals surface area contributed by atoms with Crippen LogP contribution in [-0.4, -0.2) is 18.7 Å². The lowest BCUT2D eigenvalue weighted by molar-refractivity contribution is -0.123. The summed E-state index contributed by atoms with van der Waals surface area (Å²) in [6, 6.07) is 20.3. The Labute approximate surface area is 160 Å². The molecule has 3 rings (SSSR count). The van der Waals surface area contributed by atoms with E-state index in [1.165, 1.54) is 18.0 Å². The van der Waals surface area contributed by atoms with Gasteiger partial charge in [-0.3, -0.25) is 4.79 Å². The summed E-state index contributed by atoms with van der Waals surface area (Å²) in [6.45, 7) is -0.147. The molecule has 0 saturated heterocycles. The minimum Gasteiger partial charge on any atom is -0.484 e. The Balaban J connectivity index is 1.44. The molecule has 0 saturated carbocycles. The molecule has 3 aromatic rings. The van der Waals surface area contributed by atoms with Crippen molar-refractivity contribution >= 4 is 35.5 Å². The predicted octanol–water partition coefficient (Wildman–Crippen LogP) is 4.61. The van der Waals surface area contributed by atoms with Crippen LogP contribution in [0.4, 0.5) is 0 Å². The summed E-state index contributed by atoms with van der Waals surface area (Å²) in [5.74, 6) is 0.728. The van der Waals surface area contributed by atoms with Gasteiger partial charge in [0.05, 0.1) is 6.21 Å². The Bertz CT molecular complexity index is 879. The van der Waals surface area contributed by atoms with Gasteiger partial charge in [0.2, 0.25) is 0 Å². The first-order valence-electron chi connectivity index (χ1n) is 7.72. The van der Waals surface area contributed by atoms with Crippen LogP contribution in [0.15, 0.2) is 86.2 Å². The summed E-state index contributed by atoms with van der Waals surface area (Å²) in [5.41, 5.74) is 2.38. The zero-order valence-electron chi connectivity index (χ0n) is 13.6. The number of ether oxygens (including phenoxy) is 1. The molecule has 26 heavy (non-hydrogen) atoms. The topological polar surface area (TPSA) is 63.8 Å². The second kappa shape index (κ2) is 9.12. The van der Waals surface area contributed by atoms with Gasteiger partial charge in [0.15, 0.2) is 11.7 Å². The van der Waals surface area contributed by atoms with Gasteiger partial charge in [0.25, 0.3) is 5.91 Å². The number of amides is 1. The van der Waals surface area contributed by atoms with E-state index in [1.807, 2.05) is 36.4 Å². The molecule has 0 aliphatic rings. The number of hydrogen-bond acceptors (Lipinski definition) is 5. The number of rotatable bonds is 7. The maximum Gasteiger partial charge on any atom is 0.277 e. The van der Waals surface area contributed by atoms with Crippen LogP contribution < -0.4 is 10.2 Å². The smallest absolute Gasteiger partial charge is 0.277 e. The fourth-order valence-electron chi connectivity index (χ4n) is 1.94. The summed E-state index contributed by atoms with van der Waals surface area (Å²) in [6.07, 6.45) is 1.44. The van der Waals surface area contributed by atoms with Crippen molar-refractivity contribution in [3.63, 3.8) is 0 Å². The van der Waals surface area contributed by atoms with Crippen LogP contribution in [0.1, 0.15) is 5.76 Å². The van der Waals surface area contributed by atoms with Gasteiger partial charge in [-0.05, 0) is 48.5 Å². The van der Waals surface area contributed by atoms with Crippen LogP contribution in [0.3, 0.4) is 0 Å². The lowest BCUT2D eigenvalue weighted by Gasteiger charge is -2.04. The molecular formula is C19H15ClN2O3S. The largest absolute Gasteiger partial charge is 0.484 e. The fraction of sp³-hybridized carbons (Fsp3) is 0.0526. The molecule has 1 N–H and O–H groups in total. The Morgan fingerprint density at radius 2 is 1.88 bits per heavy atom. The summed E-state index contributed by atoms with van der Waals surface area (Å²) in [7, 11) is 0. The highest BCUT2D eigenvalue weighted by atomic mass is 35.5. The Morgan fingerprint density at radius 1 is 1.12 bits per heavy atom. The minimum atomic E-state index is -0.373.